The van der Waals surface area contributed by atoms with Gasteiger partial charge < -0.3 is 9.72 Å². The Bertz CT molecular complexity index is 605. The second kappa shape index (κ2) is 4.37. The molecule has 17 heavy (non-hydrogen) atoms. The van der Waals surface area contributed by atoms with Crippen LogP contribution in [-0.2, 0) is 0 Å². The molecule has 0 saturated carbocycles. The highest BCUT2D eigenvalue weighted by Crippen LogP contribution is 2.18. The molecule has 0 bridgehead atoms. The standard InChI is InChI=1S/C12H13N3O2/c1-7-8(2)15-12(16)11(14-7)9-4-10(17-3)6-13-5-9/h4-6H,1-3H3,(H,15,16). The topological polar surface area (TPSA) is 67.9 Å². The van der Waals surface area contributed by atoms with Gasteiger partial charge in [0.2, 0.25) is 0 Å². The molecule has 1 N–H and O–H groups in total. The van der Waals surface area contributed by atoms with E-state index in [1.54, 1.807) is 25.6 Å². The summed E-state index contributed by atoms with van der Waals surface area (Å²) >= 11 is 0. The van der Waals surface area contributed by atoms with Crippen molar-refractivity contribution in [1.29, 1.82) is 0 Å². The maximum absolute atomic E-state index is 11.8. The number of ether oxygens (including phenoxy) is 1. The summed E-state index contributed by atoms with van der Waals surface area (Å²) in [5.74, 6) is 0.599. The molecule has 0 amide bonds. The molecule has 0 aliphatic heterocycles. The normalized spacial score (nSPS) is 10.3. The van der Waals surface area contributed by atoms with E-state index in [4.69, 9.17) is 4.74 Å². The molecular weight excluding hydrogens is 218 g/mol. The molecule has 0 atom stereocenters. The lowest BCUT2D eigenvalue weighted by molar-refractivity contribution is 0.413. The molecule has 0 saturated heterocycles. The molecule has 5 nitrogen and oxygen atoms in total. The second-order valence-electron chi connectivity index (χ2n) is 3.74. The first-order chi connectivity index (χ1) is 8.11. The maximum atomic E-state index is 11.8. The zero-order valence-electron chi connectivity index (χ0n) is 9.94. The highest BCUT2D eigenvalue weighted by molar-refractivity contribution is 5.58. The van der Waals surface area contributed by atoms with E-state index >= 15 is 0 Å². The first-order valence-corrected chi connectivity index (χ1v) is 5.18. The van der Waals surface area contributed by atoms with E-state index in [-0.39, 0.29) is 5.56 Å². The number of rotatable bonds is 2. The van der Waals surface area contributed by atoms with Crippen LogP contribution in [0.5, 0.6) is 5.75 Å². The van der Waals surface area contributed by atoms with Gasteiger partial charge in [0.05, 0.1) is 19.0 Å². The minimum atomic E-state index is -0.219. The number of hydrogen-bond donors (Lipinski definition) is 1. The first-order valence-electron chi connectivity index (χ1n) is 5.18. The molecule has 0 radical (unpaired) electrons. The fourth-order valence-corrected chi connectivity index (χ4v) is 1.48. The fraction of sp³-hybridized carbons (Fsp3) is 0.250. The Morgan fingerprint density at radius 3 is 2.76 bits per heavy atom. The zero-order chi connectivity index (χ0) is 12.4. The van der Waals surface area contributed by atoms with Crippen molar-refractivity contribution in [2.24, 2.45) is 0 Å². The quantitative estimate of drug-likeness (QED) is 0.849. The van der Waals surface area contributed by atoms with Crippen molar-refractivity contribution in [2.75, 3.05) is 7.11 Å². The molecular formula is C12H13N3O2. The highest BCUT2D eigenvalue weighted by atomic mass is 16.5. The average Bonchev–Trinajstić information content (AvgIpc) is 2.34. The third kappa shape index (κ3) is 2.18. The van der Waals surface area contributed by atoms with Crippen LogP contribution >= 0.6 is 0 Å². The molecule has 0 fully saturated rings. The third-order valence-electron chi connectivity index (χ3n) is 2.56. The highest BCUT2D eigenvalue weighted by Gasteiger charge is 2.08. The lowest BCUT2D eigenvalue weighted by atomic mass is 10.2. The van der Waals surface area contributed by atoms with Crippen LogP contribution in [0.25, 0.3) is 11.3 Å². The summed E-state index contributed by atoms with van der Waals surface area (Å²) in [5.41, 5.74) is 2.35. The van der Waals surface area contributed by atoms with Crippen LogP contribution in [0.15, 0.2) is 23.3 Å². The Morgan fingerprint density at radius 1 is 1.29 bits per heavy atom. The number of aromatic amines is 1. The fourth-order valence-electron chi connectivity index (χ4n) is 1.48. The molecule has 0 aliphatic rings. The summed E-state index contributed by atoms with van der Waals surface area (Å²) in [6.07, 6.45) is 3.17. The van der Waals surface area contributed by atoms with Gasteiger partial charge in [0.25, 0.3) is 5.56 Å². The summed E-state index contributed by atoms with van der Waals surface area (Å²) < 4.78 is 5.07. The first kappa shape index (κ1) is 11.3. The van der Waals surface area contributed by atoms with E-state index < -0.39 is 0 Å². The number of nitrogens with one attached hydrogen (secondary N) is 1. The molecule has 2 aromatic heterocycles. The van der Waals surface area contributed by atoms with E-state index in [2.05, 4.69) is 15.0 Å². The number of aryl methyl sites for hydroxylation is 2. The smallest absolute Gasteiger partial charge is 0.274 e. The van der Waals surface area contributed by atoms with Gasteiger partial charge in [-0.15, -0.1) is 0 Å². The van der Waals surface area contributed by atoms with Gasteiger partial charge in [0.15, 0.2) is 0 Å². The minimum absolute atomic E-state index is 0.219. The number of H-pyrrole nitrogens is 1. The van der Waals surface area contributed by atoms with Crippen molar-refractivity contribution >= 4 is 0 Å². The molecule has 0 aromatic carbocycles. The van der Waals surface area contributed by atoms with Gasteiger partial charge in [-0.2, -0.15) is 0 Å². The molecule has 2 heterocycles. The Hall–Kier alpha value is -2.17. The van der Waals surface area contributed by atoms with Crippen LogP contribution < -0.4 is 10.3 Å². The molecule has 0 unspecified atom stereocenters. The molecule has 2 rings (SSSR count). The van der Waals surface area contributed by atoms with Gasteiger partial charge in [-0.3, -0.25) is 9.78 Å². The number of methoxy groups -OCH3 is 1. The number of pyridine rings is 1. The van der Waals surface area contributed by atoms with Gasteiger partial charge in [-0.25, -0.2) is 4.98 Å². The zero-order valence-corrected chi connectivity index (χ0v) is 9.94. The molecule has 88 valence electrons. The van der Waals surface area contributed by atoms with Crippen LogP contribution in [0.3, 0.4) is 0 Å². The van der Waals surface area contributed by atoms with Crippen LogP contribution in [0.2, 0.25) is 0 Å². The van der Waals surface area contributed by atoms with E-state index in [0.29, 0.717) is 17.0 Å². The Labute approximate surface area is 98.5 Å². The lowest BCUT2D eigenvalue weighted by Crippen LogP contribution is -2.14. The van der Waals surface area contributed by atoms with Crippen molar-refractivity contribution < 1.29 is 4.74 Å². The van der Waals surface area contributed by atoms with Gasteiger partial charge in [0, 0.05) is 17.5 Å². The monoisotopic (exact) mass is 231 g/mol. The van der Waals surface area contributed by atoms with Crippen molar-refractivity contribution in [2.45, 2.75) is 13.8 Å². The SMILES string of the molecule is COc1cncc(-c2nc(C)c(C)[nH]c2=O)c1. The van der Waals surface area contributed by atoms with E-state index in [9.17, 15) is 4.79 Å². The van der Waals surface area contributed by atoms with Crippen LogP contribution in [0.1, 0.15) is 11.4 Å². The van der Waals surface area contributed by atoms with Crippen molar-refractivity contribution in [3.05, 3.63) is 40.2 Å². The van der Waals surface area contributed by atoms with Crippen LogP contribution in [-0.4, -0.2) is 22.1 Å². The summed E-state index contributed by atoms with van der Waals surface area (Å²) in [6, 6.07) is 1.74. The summed E-state index contributed by atoms with van der Waals surface area (Å²) in [6.45, 7) is 3.67. The van der Waals surface area contributed by atoms with Crippen molar-refractivity contribution in [3.63, 3.8) is 0 Å². The maximum Gasteiger partial charge on any atom is 0.274 e. The second-order valence-corrected chi connectivity index (χ2v) is 3.74. The predicted molar refractivity (Wildman–Crippen MR) is 64.1 cm³/mol. The lowest BCUT2D eigenvalue weighted by Gasteiger charge is -2.05. The van der Waals surface area contributed by atoms with Crippen LogP contribution in [0, 0.1) is 13.8 Å². The van der Waals surface area contributed by atoms with Crippen LogP contribution in [0.4, 0.5) is 0 Å². The average molecular weight is 231 g/mol. The largest absolute Gasteiger partial charge is 0.495 e. The molecule has 2 aromatic rings. The summed E-state index contributed by atoms with van der Waals surface area (Å²) in [7, 11) is 1.55. The third-order valence-corrected chi connectivity index (χ3v) is 2.56. The molecule has 0 aliphatic carbocycles. The Kier molecular flexibility index (Phi) is 2.91. The molecule has 5 heteroatoms. The van der Waals surface area contributed by atoms with E-state index in [0.717, 1.165) is 11.4 Å². The van der Waals surface area contributed by atoms with E-state index in [1.807, 2.05) is 13.8 Å². The summed E-state index contributed by atoms with van der Waals surface area (Å²) in [4.78, 5) is 22.8. The van der Waals surface area contributed by atoms with Gasteiger partial charge in [-0.05, 0) is 19.9 Å². The van der Waals surface area contributed by atoms with Gasteiger partial charge in [-0.1, -0.05) is 0 Å². The van der Waals surface area contributed by atoms with E-state index in [1.165, 1.54) is 0 Å². The van der Waals surface area contributed by atoms with Gasteiger partial charge in [0.1, 0.15) is 11.4 Å². The van der Waals surface area contributed by atoms with Crippen molar-refractivity contribution in [1.82, 2.24) is 15.0 Å². The van der Waals surface area contributed by atoms with Gasteiger partial charge >= 0.3 is 0 Å². The minimum Gasteiger partial charge on any atom is -0.495 e. The summed E-state index contributed by atoms with van der Waals surface area (Å²) in [5, 5.41) is 0. The number of hydrogen-bond acceptors (Lipinski definition) is 4. The van der Waals surface area contributed by atoms with Crippen molar-refractivity contribution in [3.8, 4) is 17.0 Å². The molecule has 0 spiro atoms. The number of nitrogens with zero attached hydrogens (tertiary/aromatic N) is 2. The number of aromatic nitrogens is 3. The predicted octanol–water partition coefficient (Wildman–Crippen LogP) is 1.46. The Morgan fingerprint density at radius 2 is 2.06 bits per heavy atom. The Balaban J connectivity index is 2.60.